The number of nitriles is 2. The van der Waals surface area contributed by atoms with Crippen LogP contribution in [-0.2, 0) is 4.79 Å². The van der Waals surface area contributed by atoms with Crippen LogP contribution in [0.15, 0.2) is 41.5 Å². The maximum Gasteiger partial charge on any atom is 0.411 e. The molecule has 0 saturated carbocycles. The standard InChI is InChI=1S/C20H16ClN5O3/c1-11-7-15(25-26-17(10-23)19(27)24-20(28)29)8-12(2)18(11)16(9-22)13-3-5-14(21)6-4-13/h3-8,16,25H,1-2H3,(H,24,27)(H,28,29)/b26-17+. The number of hydrogen-bond donors (Lipinski definition) is 3. The van der Waals surface area contributed by atoms with Crippen molar-refractivity contribution >= 4 is 35.0 Å². The first-order chi connectivity index (χ1) is 13.8. The number of anilines is 1. The van der Waals surface area contributed by atoms with Gasteiger partial charge in [-0.05, 0) is 60.4 Å². The van der Waals surface area contributed by atoms with Crippen LogP contribution in [0.1, 0.15) is 28.2 Å². The zero-order valence-electron chi connectivity index (χ0n) is 15.5. The maximum atomic E-state index is 11.6. The van der Waals surface area contributed by atoms with Gasteiger partial charge in [-0.2, -0.15) is 15.6 Å². The quantitative estimate of drug-likeness (QED) is 0.508. The summed E-state index contributed by atoms with van der Waals surface area (Å²) in [4.78, 5) is 22.1. The molecule has 0 aliphatic heterocycles. The normalized spacial score (nSPS) is 11.7. The summed E-state index contributed by atoms with van der Waals surface area (Å²) < 4.78 is 0. The second-order valence-electron chi connectivity index (χ2n) is 6.08. The molecule has 3 N–H and O–H groups in total. The Kier molecular flexibility index (Phi) is 6.91. The van der Waals surface area contributed by atoms with Gasteiger partial charge < -0.3 is 5.11 Å². The lowest BCUT2D eigenvalue weighted by atomic mass is 9.86. The monoisotopic (exact) mass is 409 g/mol. The lowest BCUT2D eigenvalue weighted by Gasteiger charge is -2.17. The highest BCUT2D eigenvalue weighted by molar-refractivity contribution is 6.46. The van der Waals surface area contributed by atoms with Gasteiger partial charge in [0.2, 0.25) is 5.71 Å². The molecule has 2 aromatic rings. The number of halogens is 1. The minimum absolute atomic E-state index is 0.479. The van der Waals surface area contributed by atoms with Gasteiger partial charge in [0.05, 0.1) is 17.7 Å². The molecule has 8 nitrogen and oxygen atoms in total. The fourth-order valence-corrected chi connectivity index (χ4v) is 2.98. The molecule has 2 aromatic carbocycles. The number of nitrogens with zero attached hydrogens (tertiary/aromatic N) is 3. The van der Waals surface area contributed by atoms with Crippen LogP contribution in [0.25, 0.3) is 0 Å². The van der Waals surface area contributed by atoms with Crippen LogP contribution < -0.4 is 10.7 Å². The van der Waals surface area contributed by atoms with Gasteiger partial charge in [0, 0.05) is 5.02 Å². The maximum absolute atomic E-state index is 11.6. The minimum atomic E-state index is -1.58. The third-order valence-electron chi connectivity index (χ3n) is 4.05. The average molecular weight is 410 g/mol. The first-order valence-corrected chi connectivity index (χ1v) is 8.69. The Bertz CT molecular complexity index is 1040. The molecule has 1 atom stereocenters. The highest BCUT2D eigenvalue weighted by Gasteiger charge is 2.19. The molecule has 0 aliphatic carbocycles. The average Bonchev–Trinajstić information content (AvgIpc) is 2.65. The largest absolute Gasteiger partial charge is 0.465 e. The molecule has 0 aromatic heterocycles. The molecule has 2 amide bonds. The summed E-state index contributed by atoms with van der Waals surface area (Å²) in [6.45, 7) is 3.67. The fourth-order valence-electron chi connectivity index (χ4n) is 2.86. The van der Waals surface area contributed by atoms with Gasteiger partial charge in [-0.25, -0.2) is 4.79 Å². The van der Waals surface area contributed by atoms with E-state index in [0.717, 1.165) is 22.3 Å². The zero-order chi connectivity index (χ0) is 21.6. The molecule has 29 heavy (non-hydrogen) atoms. The van der Waals surface area contributed by atoms with Gasteiger partial charge in [0.25, 0.3) is 5.91 Å². The molecule has 0 spiro atoms. The summed E-state index contributed by atoms with van der Waals surface area (Å²) in [5, 5.41) is 33.0. The number of hydrogen-bond acceptors (Lipinski definition) is 6. The van der Waals surface area contributed by atoms with Crippen molar-refractivity contribution in [3.63, 3.8) is 0 Å². The first-order valence-electron chi connectivity index (χ1n) is 8.31. The molecule has 9 heteroatoms. The predicted octanol–water partition coefficient (Wildman–Crippen LogP) is 3.70. The Morgan fingerprint density at radius 1 is 1.14 bits per heavy atom. The molecule has 2 rings (SSSR count). The summed E-state index contributed by atoms with van der Waals surface area (Å²) >= 11 is 5.92. The summed E-state index contributed by atoms with van der Waals surface area (Å²) in [5.41, 5.74) is 5.66. The van der Waals surface area contributed by atoms with Gasteiger partial charge in [-0.15, -0.1) is 0 Å². The summed E-state index contributed by atoms with van der Waals surface area (Å²) in [6.07, 6.45) is -1.58. The lowest BCUT2D eigenvalue weighted by molar-refractivity contribution is -0.114. The number of carboxylic acid groups (broad SMARTS) is 1. The zero-order valence-corrected chi connectivity index (χ0v) is 16.3. The number of hydrazone groups is 1. The van der Waals surface area contributed by atoms with E-state index < -0.39 is 23.6 Å². The van der Waals surface area contributed by atoms with Crippen molar-refractivity contribution in [1.29, 1.82) is 10.5 Å². The summed E-state index contributed by atoms with van der Waals surface area (Å²) in [5.74, 6) is -1.63. The molecule has 0 radical (unpaired) electrons. The SMILES string of the molecule is Cc1cc(N/N=C(\C#N)C(=O)NC(=O)O)cc(C)c1C(C#N)c1ccc(Cl)cc1. The van der Waals surface area contributed by atoms with E-state index in [9.17, 15) is 14.9 Å². The van der Waals surface area contributed by atoms with E-state index in [0.29, 0.717) is 10.7 Å². The van der Waals surface area contributed by atoms with Crippen LogP contribution >= 0.6 is 11.6 Å². The fraction of sp³-hybridized carbons (Fsp3) is 0.150. The van der Waals surface area contributed by atoms with Crippen LogP contribution in [0.3, 0.4) is 0 Å². The van der Waals surface area contributed by atoms with Crippen LogP contribution in [0.2, 0.25) is 5.02 Å². The molecule has 0 aliphatic rings. The van der Waals surface area contributed by atoms with Gasteiger partial charge in [-0.3, -0.25) is 15.5 Å². The van der Waals surface area contributed by atoms with E-state index in [1.807, 2.05) is 13.8 Å². The number of rotatable bonds is 5. The van der Waals surface area contributed by atoms with Crippen molar-refractivity contribution in [2.24, 2.45) is 5.10 Å². The second kappa shape index (κ2) is 9.36. The molecule has 146 valence electrons. The van der Waals surface area contributed by atoms with Gasteiger partial charge in [-0.1, -0.05) is 23.7 Å². The van der Waals surface area contributed by atoms with E-state index in [1.165, 1.54) is 6.07 Å². The lowest BCUT2D eigenvalue weighted by Crippen LogP contribution is -2.34. The van der Waals surface area contributed by atoms with Gasteiger partial charge in [0.15, 0.2) is 0 Å². The third kappa shape index (κ3) is 5.32. The number of carbonyl (C=O) groups is 2. The molecular formula is C20H16ClN5O3. The van der Waals surface area contributed by atoms with Crippen molar-refractivity contribution in [3.05, 3.63) is 63.7 Å². The van der Waals surface area contributed by atoms with Crippen molar-refractivity contribution in [3.8, 4) is 12.1 Å². The third-order valence-corrected chi connectivity index (χ3v) is 4.31. The summed E-state index contributed by atoms with van der Waals surface area (Å²) in [7, 11) is 0. The number of imide groups is 1. The highest BCUT2D eigenvalue weighted by Crippen LogP contribution is 2.32. The number of carbonyl (C=O) groups excluding carboxylic acids is 1. The predicted molar refractivity (Wildman–Crippen MR) is 108 cm³/mol. The smallest absolute Gasteiger partial charge is 0.411 e. The number of nitrogens with one attached hydrogen (secondary N) is 2. The second-order valence-corrected chi connectivity index (χ2v) is 6.52. The van der Waals surface area contributed by atoms with E-state index in [1.54, 1.807) is 41.7 Å². The number of aryl methyl sites for hydroxylation is 2. The van der Waals surface area contributed by atoms with Crippen LogP contribution in [0, 0.1) is 36.5 Å². The highest BCUT2D eigenvalue weighted by atomic mass is 35.5. The molecule has 0 bridgehead atoms. The Morgan fingerprint density at radius 3 is 2.21 bits per heavy atom. The number of amides is 2. The minimum Gasteiger partial charge on any atom is -0.465 e. The Hall–Kier alpha value is -3.88. The van der Waals surface area contributed by atoms with Gasteiger partial charge >= 0.3 is 6.09 Å². The molecule has 0 heterocycles. The van der Waals surface area contributed by atoms with E-state index >= 15 is 0 Å². The van der Waals surface area contributed by atoms with E-state index in [4.69, 9.17) is 22.0 Å². The van der Waals surface area contributed by atoms with Crippen molar-refractivity contribution in [2.75, 3.05) is 5.43 Å². The Balaban J connectivity index is 2.33. The van der Waals surface area contributed by atoms with Crippen LogP contribution in [0.4, 0.5) is 10.5 Å². The number of benzene rings is 2. The van der Waals surface area contributed by atoms with Gasteiger partial charge in [0.1, 0.15) is 6.07 Å². The Labute approximate surface area is 172 Å². The molecule has 1 unspecified atom stereocenters. The Morgan fingerprint density at radius 2 is 1.72 bits per heavy atom. The summed E-state index contributed by atoms with van der Waals surface area (Å²) in [6, 6.07) is 14.3. The van der Waals surface area contributed by atoms with Crippen LogP contribution in [0.5, 0.6) is 0 Å². The van der Waals surface area contributed by atoms with Crippen LogP contribution in [-0.4, -0.2) is 22.8 Å². The van der Waals surface area contributed by atoms with E-state index in [2.05, 4.69) is 16.6 Å². The molecule has 0 fully saturated rings. The topological polar surface area (TPSA) is 138 Å². The van der Waals surface area contributed by atoms with Crippen molar-refractivity contribution in [1.82, 2.24) is 5.32 Å². The van der Waals surface area contributed by atoms with Crippen molar-refractivity contribution < 1.29 is 14.7 Å². The first kappa shape index (κ1) is 21.4. The molecular weight excluding hydrogens is 394 g/mol. The molecule has 0 saturated heterocycles. The van der Waals surface area contributed by atoms with E-state index in [-0.39, 0.29) is 0 Å². The van der Waals surface area contributed by atoms with Crippen molar-refractivity contribution in [2.45, 2.75) is 19.8 Å².